The average Bonchev–Trinajstić information content (AvgIpc) is 2.78. The van der Waals surface area contributed by atoms with Crippen LogP contribution in [0.2, 0.25) is 5.02 Å². The Labute approximate surface area is 127 Å². The maximum Gasteiger partial charge on any atom is 0.0834 e. The van der Waals surface area contributed by atoms with Crippen LogP contribution in [0.5, 0.6) is 0 Å². The van der Waals surface area contributed by atoms with Crippen LogP contribution in [-0.4, -0.2) is 35.3 Å². The normalized spacial score (nSPS) is 18.6. The lowest BCUT2D eigenvalue weighted by atomic mass is 9.84. The molecule has 1 heterocycles. The monoisotopic (exact) mass is 298 g/mol. The molecule has 1 aromatic rings. The van der Waals surface area contributed by atoms with Crippen molar-refractivity contribution in [3.8, 4) is 0 Å². The molecule has 0 bridgehead atoms. The summed E-state index contributed by atoms with van der Waals surface area (Å²) in [4.78, 5) is 2.14. The Morgan fingerprint density at radius 2 is 2.10 bits per heavy atom. The number of halogens is 1. The molecule has 5 heteroatoms. The summed E-state index contributed by atoms with van der Waals surface area (Å²) in [5.74, 6) is 0.756. The fourth-order valence-corrected chi connectivity index (χ4v) is 3.39. The van der Waals surface area contributed by atoms with Gasteiger partial charge in [0.15, 0.2) is 0 Å². The van der Waals surface area contributed by atoms with Gasteiger partial charge in [-0.2, -0.15) is 5.10 Å². The first-order chi connectivity index (χ1) is 9.58. The molecule has 20 heavy (non-hydrogen) atoms. The highest BCUT2D eigenvalue weighted by Gasteiger charge is 2.22. The second-order valence-electron chi connectivity index (χ2n) is 6.25. The highest BCUT2D eigenvalue weighted by molar-refractivity contribution is 6.31. The van der Waals surface area contributed by atoms with Gasteiger partial charge in [0.05, 0.1) is 23.5 Å². The van der Waals surface area contributed by atoms with Crippen molar-refractivity contribution >= 4 is 11.6 Å². The summed E-state index contributed by atoms with van der Waals surface area (Å²) in [6, 6.07) is 0.00950. The first-order valence-electron chi connectivity index (χ1n) is 7.69. The van der Waals surface area contributed by atoms with Crippen molar-refractivity contribution in [1.82, 2.24) is 14.7 Å². The lowest BCUT2D eigenvalue weighted by Crippen LogP contribution is -2.24. The highest BCUT2D eigenvalue weighted by atomic mass is 35.5. The average molecular weight is 299 g/mol. The molecule has 0 radical (unpaired) electrons. The molecule has 0 aromatic carbocycles. The number of rotatable bonds is 6. The predicted molar refractivity (Wildman–Crippen MR) is 83.9 cm³/mol. The second-order valence-corrected chi connectivity index (χ2v) is 6.66. The third-order valence-electron chi connectivity index (χ3n) is 4.26. The number of hydrogen-bond acceptors (Lipinski definition) is 3. The first kappa shape index (κ1) is 15.8. The largest absolute Gasteiger partial charge is 0.323 e. The van der Waals surface area contributed by atoms with E-state index in [2.05, 4.69) is 24.1 Å². The van der Waals surface area contributed by atoms with E-state index in [1.54, 1.807) is 6.20 Å². The molecule has 2 N–H and O–H groups in total. The number of nitrogens with zero attached hydrogens (tertiary/aromatic N) is 3. The van der Waals surface area contributed by atoms with Crippen molar-refractivity contribution in [1.29, 1.82) is 0 Å². The van der Waals surface area contributed by atoms with Crippen LogP contribution in [0.15, 0.2) is 6.20 Å². The van der Waals surface area contributed by atoms with Crippen molar-refractivity contribution in [2.75, 3.05) is 20.6 Å². The maximum atomic E-state index is 6.42. The van der Waals surface area contributed by atoms with Crippen LogP contribution in [0.1, 0.15) is 50.3 Å². The molecule has 0 spiro atoms. The second kappa shape index (κ2) is 7.43. The lowest BCUT2D eigenvalue weighted by molar-refractivity contribution is 0.310. The van der Waals surface area contributed by atoms with Gasteiger partial charge in [0.2, 0.25) is 0 Å². The Morgan fingerprint density at radius 3 is 2.75 bits per heavy atom. The van der Waals surface area contributed by atoms with Crippen LogP contribution in [0, 0.1) is 5.92 Å². The van der Waals surface area contributed by atoms with Gasteiger partial charge in [-0.05, 0) is 26.4 Å². The fraction of sp³-hybridized carbons (Fsp3) is 0.800. The molecular formula is C15H27ClN4. The fourth-order valence-electron chi connectivity index (χ4n) is 3.11. The van der Waals surface area contributed by atoms with Crippen LogP contribution >= 0.6 is 11.6 Å². The smallest absolute Gasteiger partial charge is 0.0834 e. The molecule has 1 aromatic heterocycles. The Kier molecular flexibility index (Phi) is 5.87. The van der Waals surface area contributed by atoms with Crippen LogP contribution in [0.25, 0.3) is 0 Å². The standard InChI is InChI=1S/C15H27ClN4/c1-19(2)8-9-20-15(13(16)11-18-20)14(17)10-12-6-4-3-5-7-12/h11-12,14H,3-10,17H2,1-2H3. The Hall–Kier alpha value is -0.580. The van der Waals surface area contributed by atoms with Crippen molar-refractivity contribution in [2.24, 2.45) is 11.7 Å². The van der Waals surface area contributed by atoms with Crippen molar-refractivity contribution in [2.45, 2.75) is 51.1 Å². The SMILES string of the molecule is CN(C)CCn1ncc(Cl)c1C(N)CC1CCCCC1. The zero-order valence-electron chi connectivity index (χ0n) is 12.7. The molecule has 1 saturated carbocycles. The molecule has 1 aliphatic carbocycles. The third-order valence-corrected chi connectivity index (χ3v) is 4.55. The lowest BCUT2D eigenvalue weighted by Gasteiger charge is -2.25. The van der Waals surface area contributed by atoms with E-state index < -0.39 is 0 Å². The third kappa shape index (κ3) is 4.21. The van der Waals surface area contributed by atoms with Gasteiger partial charge in [0.1, 0.15) is 0 Å². The van der Waals surface area contributed by atoms with Gasteiger partial charge >= 0.3 is 0 Å². The van der Waals surface area contributed by atoms with Crippen LogP contribution in [0.4, 0.5) is 0 Å². The van der Waals surface area contributed by atoms with E-state index in [-0.39, 0.29) is 6.04 Å². The van der Waals surface area contributed by atoms with E-state index in [0.29, 0.717) is 5.02 Å². The van der Waals surface area contributed by atoms with Gasteiger partial charge in [0.25, 0.3) is 0 Å². The van der Waals surface area contributed by atoms with Crippen LogP contribution in [0.3, 0.4) is 0 Å². The summed E-state index contributed by atoms with van der Waals surface area (Å²) in [5, 5.41) is 5.09. The number of aromatic nitrogens is 2. The van der Waals surface area contributed by atoms with Gasteiger partial charge in [-0.25, -0.2) is 0 Å². The van der Waals surface area contributed by atoms with Crippen molar-refractivity contribution in [3.05, 3.63) is 16.9 Å². The minimum Gasteiger partial charge on any atom is -0.323 e. The number of likely N-dealkylation sites (N-methyl/N-ethyl adjacent to an activating group) is 1. The van der Waals surface area contributed by atoms with Crippen molar-refractivity contribution < 1.29 is 0 Å². The van der Waals surface area contributed by atoms with E-state index in [1.807, 2.05) is 4.68 Å². The molecule has 0 amide bonds. The van der Waals surface area contributed by atoms with E-state index in [9.17, 15) is 0 Å². The molecule has 0 aliphatic heterocycles. The summed E-state index contributed by atoms with van der Waals surface area (Å²) in [6.45, 7) is 1.79. The summed E-state index contributed by atoms with van der Waals surface area (Å²) < 4.78 is 1.98. The molecule has 2 rings (SSSR count). The summed E-state index contributed by atoms with van der Waals surface area (Å²) >= 11 is 6.30. The summed E-state index contributed by atoms with van der Waals surface area (Å²) in [6.07, 6.45) is 9.48. The van der Waals surface area contributed by atoms with Gasteiger partial charge < -0.3 is 10.6 Å². The predicted octanol–water partition coefficient (Wildman–Crippen LogP) is 3.07. The number of nitrogens with two attached hydrogens (primary N) is 1. The minimum atomic E-state index is 0.00950. The van der Waals surface area contributed by atoms with E-state index in [4.69, 9.17) is 17.3 Å². The highest BCUT2D eigenvalue weighted by Crippen LogP contribution is 2.32. The van der Waals surface area contributed by atoms with E-state index in [1.165, 1.54) is 32.1 Å². The van der Waals surface area contributed by atoms with E-state index in [0.717, 1.165) is 31.1 Å². The van der Waals surface area contributed by atoms with Crippen LogP contribution < -0.4 is 5.73 Å². The summed E-state index contributed by atoms with van der Waals surface area (Å²) in [7, 11) is 4.12. The molecule has 1 aliphatic rings. The maximum absolute atomic E-state index is 6.42. The van der Waals surface area contributed by atoms with Gasteiger partial charge in [-0.1, -0.05) is 43.7 Å². The Morgan fingerprint density at radius 1 is 1.40 bits per heavy atom. The van der Waals surface area contributed by atoms with Gasteiger partial charge in [-0.3, -0.25) is 4.68 Å². The molecule has 1 fully saturated rings. The molecular weight excluding hydrogens is 272 g/mol. The van der Waals surface area contributed by atoms with E-state index >= 15 is 0 Å². The minimum absolute atomic E-state index is 0.00950. The number of hydrogen-bond donors (Lipinski definition) is 1. The summed E-state index contributed by atoms with van der Waals surface area (Å²) in [5.41, 5.74) is 7.43. The Balaban J connectivity index is 2.00. The molecule has 1 atom stereocenters. The first-order valence-corrected chi connectivity index (χ1v) is 8.07. The van der Waals surface area contributed by atoms with Gasteiger partial charge in [-0.15, -0.1) is 0 Å². The molecule has 114 valence electrons. The van der Waals surface area contributed by atoms with Crippen molar-refractivity contribution in [3.63, 3.8) is 0 Å². The van der Waals surface area contributed by atoms with Gasteiger partial charge in [0, 0.05) is 12.6 Å². The molecule has 1 unspecified atom stereocenters. The van der Waals surface area contributed by atoms with Crippen LogP contribution in [-0.2, 0) is 6.54 Å². The quantitative estimate of drug-likeness (QED) is 0.878. The zero-order chi connectivity index (χ0) is 14.5. The molecule has 0 saturated heterocycles. The zero-order valence-corrected chi connectivity index (χ0v) is 13.4. The Bertz CT molecular complexity index is 410. The topological polar surface area (TPSA) is 47.1 Å². The molecule has 4 nitrogen and oxygen atoms in total.